The number of hydroxylamine groups is 1. The highest BCUT2D eigenvalue weighted by molar-refractivity contribution is 5.98. The zero-order valence-corrected chi connectivity index (χ0v) is 14.2. The van der Waals surface area contributed by atoms with E-state index in [9.17, 15) is 9.59 Å². The minimum Gasteiger partial charge on any atom is -0.482 e. The van der Waals surface area contributed by atoms with Crippen LogP contribution in [-0.4, -0.2) is 25.0 Å². The monoisotopic (exact) mass is 340 g/mol. The van der Waals surface area contributed by atoms with Crippen molar-refractivity contribution in [1.82, 2.24) is 5.48 Å². The number of ether oxygens (including phenoxy) is 1. The topological polar surface area (TPSA) is 67.9 Å². The average molecular weight is 340 g/mol. The van der Waals surface area contributed by atoms with Gasteiger partial charge in [0, 0.05) is 5.56 Å². The summed E-state index contributed by atoms with van der Waals surface area (Å²) >= 11 is 0. The van der Waals surface area contributed by atoms with Gasteiger partial charge in [-0.15, -0.1) is 0 Å². The second-order valence-electron chi connectivity index (χ2n) is 5.80. The van der Waals surface area contributed by atoms with Gasteiger partial charge >= 0.3 is 0 Å². The Balaban J connectivity index is 1.77. The summed E-state index contributed by atoms with van der Waals surface area (Å²) in [6.07, 6.45) is 0. The molecule has 3 rings (SSSR count). The van der Waals surface area contributed by atoms with Gasteiger partial charge in [-0.3, -0.25) is 14.4 Å². The van der Waals surface area contributed by atoms with Crippen molar-refractivity contribution in [2.75, 3.05) is 18.1 Å². The first kappa shape index (κ1) is 17.0. The Morgan fingerprint density at radius 1 is 1.24 bits per heavy atom. The van der Waals surface area contributed by atoms with Gasteiger partial charge in [-0.05, 0) is 49.2 Å². The molecule has 0 aromatic heterocycles. The molecule has 0 atom stereocenters. The molecular formula is C19H20N2O4. The van der Waals surface area contributed by atoms with Crippen LogP contribution in [0.4, 0.5) is 5.69 Å². The van der Waals surface area contributed by atoms with Crippen LogP contribution in [0, 0.1) is 6.92 Å². The normalized spacial score (nSPS) is 13.2. The highest BCUT2D eigenvalue weighted by Crippen LogP contribution is 2.33. The van der Waals surface area contributed by atoms with E-state index >= 15 is 0 Å². The van der Waals surface area contributed by atoms with Crippen molar-refractivity contribution in [2.45, 2.75) is 20.4 Å². The van der Waals surface area contributed by atoms with Gasteiger partial charge in [0.1, 0.15) is 5.75 Å². The molecule has 2 aromatic rings. The number of carbonyl (C=O) groups is 2. The SMILES string of the molecule is CCONC(=O)c1ccc(CN2C(=O)COc3ccc(C)cc32)cc1. The van der Waals surface area contributed by atoms with Crippen LogP contribution in [0.3, 0.4) is 0 Å². The highest BCUT2D eigenvalue weighted by atomic mass is 16.6. The van der Waals surface area contributed by atoms with Gasteiger partial charge in [-0.25, -0.2) is 5.48 Å². The molecule has 0 bridgehead atoms. The molecule has 2 amide bonds. The van der Waals surface area contributed by atoms with E-state index in [0.29, 0.717) is 24.5 Å². The van der Waals surface area contributed by atoms with Crippen molar-refractivity contribution >= 4 is 17.5 Å². The molecule has 0 unspecified atom stereocenters. The lowest BCUT2D eigenvalue weighted by molar-refractivity contribution is -0.121. The third-order valence-corrected chi connectivity index (χ3v) is 3.92. The molecule has 1 N–H and O–H groups in total. The molecule has 25 heavy (non-hydrogen) atoms. The number of nitrogens with one attached hydrogen (secondary N) is 1. The quantitative estimate of drug-likeness (QED) is 0.850. The lowest BCUT2D eigenvalue weighted by atomic mass is 10.1. The van der Waals surface area contributed by atoms with Crippen LogP contribution < -0.4 is 15.1 Å². The van der Waals surface area contributed by atoms with Gasteiger partial charge in [-0.2, -0.15) is 0 Å². The predicted molar refractivity (Wildman–Crippen MR) is 93.4 cm³/mol. The van der Waals surface area contributed by atoms with E-state index in [2.05, 4.69) is 5.48 Å². The lowest BCUT2D eigenvalue weighted by Gasteiger charge is -2.29. The van der Waals surface area contributed by atoms with Crippen molar-refractivity contribution in [1.29, 1.82) is 0 Å². The molecule has 1 aliphatic heterocycles. The number of nitrogens with zero attached hydrogens (tertiary/aromatic N) is 1. The molecule has 0 fully saturated rings. The van der Waals surface area contributed by atoms with Crippen LogP contribution in [-0.2, 0) is 16.2 Å². The number of anilines is 1. The number of carbonyl (C=O) groups excluding carboxylic acids is 2. The van der Waals surface area contributed by atoms with Crippen LogP contribution in [0.2, 0.25) is 0 Å². The molecule has 6 heteroatoms. The van der Waals surface area contributed by atoms with Crippen molar-refractivity contribution < 1.29 is 19.2 Å². The lowest BCUT2D eigenvalue weighted by Crippen LogP contribution is -2.38. The van der Waals surface area contributed by atoms with E-state index in [1.807, 2.05) is 37.3 Å². The van der Waals surface area contributed by atoms with E-state index in [-0.39, 0.29) is 18.4 Å². The maximum atomic E-state index is 12.3. The van der Waals surface area contributed by atoms with Gasteiger partial charge in [0.05, 0.1) is 18.8 Å². The molecule has 0 spiro atoms. The molecule has 130 valence electrons. The average Bonchev–Trinajstić information content (AvgIpc) is 2.62. The standard InChI is InChI=1S/C19H20N2O4/c1-3-25-20-19(23)15-7-5-14(6-8-15)11-21-16-10-13(2)4-9-17(16)24-12-18(21)22/h4-10H,3,11-12H2,1-2H3,(H,20,23). The number of aryl methyl sites for hydroxylation is 1. The Morgan fingerprint density at radius 3 is 2.72 bits per heavy atom. The number of benzene rings is 2. The summed E-state index contributed by atoms with van der Waals surface area (Å²) in [4.78, 5) is 30.7. The fraction of sp³-hybridized carbons (Fsp3) is 0.263. The van der Waals surface area contributed by atoms with Gasteiger partial charge in [0.2, 0.25) is 0 Å². The van der Waals surface area contributed by atoms with Gasteiger partial charge in [0.25, 0.3) is 11.8 Å². The zero-order valence-electron chi connectivity index (χ0n) is 14.2. The van der Waals surface area contributed by atoms with Gasteiger partial charge < -0.3 is 9.64 Å². The summed E-state index contributed by atoms with van der Waals surface area (Å²) in [5.74, 6) is 0.325. The van der Waals surface area contributed by atoms with E-state index in [1.165, 1.54) is 0 Å². The molecule has 1 heterocycles. The predicted octanol–water partition coefficient (Wildman–Crippen LogP) is 2.60. The molecule has 0 saturated heterocycles. The fourth-order valence-electron chi connectivity index (χ4n) is 2.63. The van der Waals surface area contributed by atoms with Crippen molar-refractivity contribution in [2.24, 2.45) is 0 Å². The Hall–Kier alpha value is -2.86. The summed E-state index contributed by atoms with van der Waals surface area (Å²) in [5, 5.41) is 0. The minimum atomic E-state index is -0.295. The second kappa shape index (κ2) is 7.36. The number of hydrogen-bond acceptors (Lipinski definition) is 4. The van der Waals surface area contributed by atoms with Crippen molar-refractivity contribution in [3.63, 3.8) is 0 Å². The van der Waals surface area contributed by atoms with Gasteiger partial charge in [-0.1, -0.05) is 18.2 Å². The Labute approximate surface area is 146 Å². The molecule has 0 radical (unpaired) electrons. The summed E-state index contributed by atoms with van der Waals surface area (Å²) < 4.78 is 5.49. The number of fused-ring (bicyclic) bond motifs is 1. The molecule has 2 aromatic carbocycles. The molecular weight excluding hydrogens is 320 g/mol. The number of hydrogen-bond donors (Lipinski definition) is 1. The third-order valence-electron chi connectivity index (χ3n) is 3.92. The zero-order chi connectivity index (χ0) is 17.8. The first-order chi connectivity index (χ1) is 12.1. The summed E-state index contributed by atoms with van der Waals surface area (Å²) in [7, 11) is 0. The molecule has 1 aliphatic rings. The smallest absolute Gasteiger partial charge is 0.274 e. The molecule has 0 aliphatic carbocycles. The van der Waals surface area contributed by atoms with Crippen LogP contribution in [0.5, 0.6) is 5.75 Å². The summed E-state index contributed by atoms with van der Waals surface area (Å²) in [5.41, 5.74) is 5.62. The number of amides is 2. The largest absolute Gasteiger partial charge is 0.482 e. The van der Waals surface area contributed by atoms with Crippen LogP contribution in [0.1, 0.15) is 28.4 Å². The summed E-state index contributed by atoms with van der Waals surface area (Å²) in [6, 6.07) is 12.9. The Kier molecular flexibility index (Phi) is 5.00. The Bertz CT molecular complexity index is 787. The summed E-state index contributed by atoms with van der Waals surface area (Å²) in [6.45, 7) is 4.63. The van der Waals surface area contributed by atoms with E-state index in [4.69, 9.17) is 9.57 Å². The second-order valence-corrected chi connectivity index (χ2v) is 5.80. The van der Waals surface area contributed by atoms with Crippen molar-refractivity contribution in [3.8, 4) is 5.75 Å². The minimum absolute atomic E-state index is 0.0326. The number of rotatable bonds is 5. The van der Waals surface area contributed by atoms with E-state index in [0.717, 1.165) is 16.8 Å². The first-order valence-corrected chi connectivity index (χ1v) is 8.13. The maximum absolute atomic E-state index is 12.3. The van der Waals surface area contributed by atoms with Gasteiger partial charge in [0.15, 0.2) is 6.61 Å². The first-order valence-electron chi connectivity index (χ1n) is 8.13. The molecule has 0 saturated carbocycles. The van der Waals surface area contributed by atoms with Crippen LogP contribution in [0.25, 0.3) is 0 Å². The van der Waals surface area contributed by atoms with Crippen molar-refractivity contribution in [3.05, 3.63) is 59.2 Å². The van der Waals surface area contributed by atoms with Crippen LogP contribution in [0.15, 0.2) is 42.5 Å². The highest BCUT2D eigenvalue weighted by Gasteiger charge is 2.25. The van der Waals surface area contributed by atoms with E-state index < -0.39 is 0 Å². The molecule has 6 nitrogen and oxygen atoms in total. The Morgan fingerprint density at radius 2 is 2.00 bits per heavy atom. The van der Waals surface area contributed by atoms with Crippen LogP contribution >= 0.6 is 0 Å². The third kappa shape index (κ3) is 3.80. The van der Waals surface area contributed by atoms with E-state index in [1.54, 1.807) is 24.0 Å². The fourth-order valence-corrected chi connectivity index (χ4v) is 2.63. The maximum Gasteiger partial charge on any atom is 0.274 e.